The minimum atomic E-state index is -0.478. The third-order valence-corrected chi connectivity index (χ3v) is 4.88. The van der Waals surface area contributed by atoms with Crippen LogP contribution in [0.2, 0.25) is 0 Å². The Morgan fingerprint density at radius 2 is 1.24 bits per heavy atom. The summed E-state index contributed by atoms with van der Waals surface area (Å²) >= 11 is 0. The van der Waals surface area contributed by atoms with E-state index in [1.807, 2.05) is 60.7 Å². The molecule has 33 heavy (non-hydrogen) atoms. The Labute approximate surface area is 193 Å². The van der Waals surface area contributed by atoms with Crippen LogP contribution in [0.15, 0.2) is 98.1 Å². The first-order chi connectivity index (χ1) is 16.1. The summed E-state index contributed by atoms with van der Waals surface area (Å²) in [7, 11) is 0. The number of rotatable bonds is 11. The number of esters is 2. The third-order valence-electron chi connectivity index (χ3n) is 4.88. The molecular weight excluding hydrogens is 416 g/mol. The number of carbonyl (C=O) groups is 2. The van der Waals surface area contributed by atoms with Gasteiger partial charge in [0, 0.05) is 12.2 Å². The molecule has 0 spiro atoms. The minimum absolute atomic E-state index is 0.381. The van der Waals surface area contributed by atoms with Crippen LogP contribution in [-0.4, -0.2) is 18.5 Å². The highest BCUT2D eigenvalue weighted by Crippen LogP contribution is 2.23. The fourth-order valence-corrected chi connectivity index (χ4v) is 3.09. The molecule has 0 amide bonds. The van der Waals surface area contributed by atoms with Crippen molar-refractivity contribution in [2.75, 3.05) is 6.61 Å². The number of carbonyl (C=O) groups excluding carboxylic acids is 2. The lowest BCUT2D eigenvalue weighted by molar-refractivity contribution is -0.137. The van der Waals surface area contributed by atoms with Crippen molar-refractivity contribution in [2.45, 2.75) is 19.4 Å². The molecular formula is C28H26O5. The highest BCUT2D eigenvalue weighted by molar-refractivity contribution is 5.83. The van der Waals surface area contributed by atoms with E-state index in [4.69, 9.17) is 14.2 Å². The molecule has 0 fully saturated rings. The van der Waals surface area contributed by atoms with Gasteiger partial charge in [-0.2, -0.15) is 0 Å². The van der Waals surface area contributed by atoms with Crippen LogP contribution in [0.5, 0.6) is 11.5 Å². The maximum absolute atomic E-state index is 11.3. The molecule has 0 radical (unpaired) electrons. The van der Waals surface area contributed by atoms with Gasteiger partial charge >= 0.3 is 11.9 Å². The van der Waals surface area contributed by atoms with Crippen LogP contribution in [0.25, 0.3) is 11.1 Å². The Balaban J connectivity index is 1.47. The van der Waals surface area contributed by atoms with Crippen molar-refractivity contribution < 1.29 is 23.8 Å². The molecule has 0 unspecified atom stereocenters. The molecule has 0 bridgehead atoms. The lowest BCUT2D eigenvalue weighted by Crippen LogP contribution is -2.02. The average molecular weight is 443 g/mol. The Morgan fingerprint density at radius 3 is 1.85 bits per heavy atom. The van der Waals surface area contributed by atoms with Crippen LogP contribution in [0.4, 0.5) is 0 Å². The monoisotopic (exact) mass is 442 g/mol. The van der Waals surface area contributed by atoms with E-state index < -0.39 is 11.9 Å². The van der Waals surface area contributed by atoms with Gasteiger partial charge in [0.2, 0.25) is 0 Å². The van der Waals surface area contributed by atoms with Gasteiger partial charge in [-0.1, -0.05) is 61.7 Å². The van der Waals surface area contributed by atoms with E-state index in [0.29, 0.717) is 19.0 Å². The van der Waals surface area contributed by atoms with Gasteiger partial charge in [-0.15, -0.1) is 0 Å². The Hall–Kier alpha value is -4.12. The number of ether oxygens (including phenoxy) is 3. The fourth-order valence-electron chi connectivity index (χ4n) is 3.09. The van der Waals surface area contributed by atoms with Gasteiger partial charge in [0.05, 0.1) is 6.61 Å². The lowest BCUT2D eigenvalue weighted by atomic mass is 10.0. The summed E-state index contributed by atoms with van der Waals surface area (Å²) in [4.78, 5) is 22.3. The number of aryl methyl sites for hydroxylation is 1. The van der Waals surface area contributed by atoms with Gasteiger partial charge in [0.25, 0.3) is 0 Å². The Bertz CT molecular complexity index is 1080. The molecule has 0 N–H and O–H groups in total. The summed E-state index contributed by atoms with van der Waals surface area (Å²) in [6, 6.07) is 23.4. The zero-order valence-corrected chi connectivity index (χ0v) is 18.4. The van der Waals surface area contributed by atoms with E-state index in [9.17, 15) is 9.59 Å². The van der Waals surface area contributed by atoms with Gasteiger partial charge in [-0.05, 0) is 59.4 Å². The zero-order chi connectivity index (χ0) is 23.5. The smallest absolute Gasteiger partial charge is 0.335 e. The molecule has 0 atom stereocenters. The van der Waals surface area contributed by atoms with Crippen molar-refractivity contribution in [2.24, 2.45) is 0 Å². The third kappa shape index (κ3) is 7.51. The molecule has 5 heteroatoms. The van der Waals surface area contributed by atoms with Crippen molar-refractivity contribution in [1.29, 1.82) is 0 Å². The number of benzene rings is 3. The van der Waals surface area contributed by atoms with Crippen LogP contribution >= 0.6 is 0 Å². The van der Waals surface area contributed by atoms with Gasteiger partial charge in [0.1, 0.15) is 18.1 Å². The first kappa shape index (κ1) is 23.5. The number of hydrogen-bond acceptors (Lipinski definition) is 5. The maximum atomic E-state index is 11.3. The van der Waals surface area contributed by atoms with Crippen molar-refractivity contribution >= 4 is 11.9 Å². The van der Waals surface area contributed by atoms with Crippen LogP contribution < -0.4 is 9.47 Å². The fraction of sp³-hybridized carbons (Fsp3) is 0.143. The second-order valence-corrected chi connectivity index (χ2v) is 7.25. The topological polar surface area (TPSA) is 61.8 Å². The van der Waals surface area contributed by atoms with Gasteiger partial charge in [-0.3, -0.25) is 0 Å². The van der Waals surface area contributed by atoms with E-state index in [-0.39, 0.29) is 0 Å². The van der Waals surface area contributed by atoms with Crippen molar-refractivity contribution in [1.82, 2.24) is 0 Å². The predicted octanol–water partition coefficient (Wildman–Crippen LogP) is 5.69. The van der Waals surface area contributed by atoms with E-state index >= 15 is 0 Å². The molecule has 3 aromatic carbocycles. The lowest BCUT2D eigenvalue weighted by Gasteiger charge is -2.09. The second kappa shape index (κ2) is 12.1. The Kier molecular flexibility index (Phi) is 8.60. The first-order valence-electron chi connectivity index (χ1n) is 10.6. The van der Waals surface area contributed by atoms with Gasteiger partial charge < -0.3 is 14.2 Å². The maximum Gasteiger partial charge on any atom is 0.335 e. The first-order valence-corrected chi connectivity index (χ1v) is 10.6. The zero-order valence-electron chi connectivity index (χ0n) is 18.4. The van der Waals surface area contributed by atoms with Crippen LogP contribution in [-0.2, 0) is 27.4 Å². The summed E-state index contributed by atoms with van der Waals surface area (Å²) in [5.41, 5.74) is 4.30. The van der Waals surface area contributed by atoms with E-state index in [1.165, 1.54) is 6.08 Å². The summed E-state index contributed by atoms with van der Waals surface area (Å²) in [5.74, 6) is 0.408. The standard InChI is InChI=1S/C28H26O5/c1-3-27(29)31-19-5-6-21-9-15-25(16-10-21)32-20-22-7-11-23(12-8-22)24-13-17-26(18-14-24)33-28(30)4-2/h3-4,7-18H,1-2,5-6,19-20H2. The predicted molar refractivity (Wildman–Crippen MR) is 128 cm³/mol. The minimum Gasteiger partial charge on any atom is -0.489 e. The van der Waals surface area contributed by atoms with Crippen molar-refractivity contribution in [3.8, 4) is 22.6 Å². The molecule has 3 rings (SSSR count). The summed E-state index contributed by atoms with van der Waals surface area (Å²) in [6.07, 6.45) is 3.89. The molecule has 0 aliphatic heterocycles. The molecule has 5 nitrogen and oxygen atoms in total. The largest absolute Gasteiger partial charge is 0.489 e. The Morgan fingerprint density at radius 1 is 0.697 bits per heavy atom. The average Bonchev–Trinajstić information content (AvgIpc) is 2.86. The van der Waals surface area contributed by atoms with Crippen LogP contribution in [0.1, 0.15) is 17.5 Å². The van der Waals surface area contributed by atoms with E-state index in [2.05, 4.69) is 13.2 Å². The molecule has 0 aliphatic rings. The highest BCUT2D eigenvalue weighted by atomic mass is 16.5. The molecule has 3 aromatic rings. The van der Waals surface area contributed by atoms with Gasteiger partial charge in [0.15, 0.2) is 0 Å². The summed E-state index contributed by atoms with van der Waals surface area (Å²) in [5, 5.41) is 0. The van der Waals surface area contributed by atoms with Crippen LogP contribution in [0, 0.1) is 0 Å². The van der Waals surface area contributed by atoms with Crippen molar-refractivity contribution in [3.05, 3.63) is 109 Å². The molecule has 0 aliphatic carbocycles. The molecule has 0 saturated heterocycles. The quantitative estimate of drug-likeness (QED) is 0.165. The normalized spacial score (nSPS) is 10.2. The summed E-state index contributed by atoms with van der Waals surface area (Å²) in [6.45, 7) is 7.61. The molecule has 0 saturated carbocycles. The second-order valence-electron chi connectivity index (χ2n) is 7.25. The summed E-state index contributed by atoms with van der Waals surface area (Å²) < 4.78 is 16.0. The molecule has 168 valence electrons. The highest BCUT2D eigenvalue weighted by Gasteiger charge is 2.03. The number of hydrogen-bond donors (Lipinski definition) is 0. The van der Waals surface area contributed by atoms with E-state index in [0.717, 1.165) is 46.9 Å². The SMILES string of the molecule is C=CC(=O)OCCCc1ccc(OCc2ccc(-c3ccc(OC(=O)C=C)cc3)cc2)cc1. The van der Waals surface area contributed by atoms with Gasteiger partial charge in [-0.25, -0.2) is 9.59 Å². The van der Waals surface area contributed by atoms with E-state index in [1.54, 1.807) is 12.1 Å². The molecule has 0 heterocycles. The van der Waals surface area contributed by atoms with Crippen LogP contribution in [0.3, 0.4) is 0 Å². The molecule has 0 aromatic heterocycles. The van der Waals surface area contributed by atoms with Crippen molar-refractivity contribution in [3.63, 3.8) is 0 Å².